The van der Waals surface area contributed by atoms with Crippen molar-refractivity contribution in [1.82, 2.24) is 4.98 Å². The Morgan fingerprint density at radius 1 is 0.964 bits per heavy atom. The molecule has 0 bridgehead atoms. The number of hydrogen-bond donors (Lipinski definition) is 1. The topological polar surface area (TPSA) is 68.3 Å². The fraction of sp³-hybridized carbons (Fsp3) is 0.773. The van der Waals surface area contributed by atoms with Gasteiger partial charge in [0.05, 0.1) is 13.3 Å². The lowest BCUT2D eigenvalue weighted by molar-refractivity contribution is -0.114. The highest BCUT2D eigenvalue weighted by atomic mass is 32.1. The smallest absolute Gasteiger partial charge is 0.349 e. The van der Waals surface area contributed by atoms with Gasteiger partial charge >= 0.3 is 5.97 Å². The first kappa shape index (κ1) is 24.6. The summed E-state index contributed by atoms with van der Waals surface area (Å²) < 4.78 is 4.47. The van der Waals surface area contributed by atoms with Crippen LogP contribution in [0.3, 0.4) is 0 Å². The summed E-state index contributed by atoms with van der Waals surface area (Å²) in [6.07, 6.45) is 14.7. The average Bonchev–Trinajstić information content (AvgIpc) is 3.13. The molecule has 0 radical (unpaired) electrons. The first-order chi connectivity index (χ1) is 13.3. The highest BCUT2D eigenvalue weighted by Crippen LogP contribution is 2.27. The number of methoxy groups -OCH3 is 1. The fourth-order valence-electron chi connectivity index (χ4n) is 3.41. The predicted octanol–water partition coefficient (Wildman–Crippen LogP) is 6.31. The number of amides is 1. The summed E-state index contributed by atoms with van der Waals surface area (Å²) >= 11 is 1.08. The number of aromatic nitrogens is 1. The van der Waals surface area contributed by atoms with Gasteiger partial charge in [-0.2, -0.15) is 0 Å². The molecule has 1 aromatic rings. The van der Waals surface area contributed by atoms with Gasteiger partial charge in [-0.1, -0.05) is 89.9 Å². The van der Waals surface area contributed by atoms with Crippen molar-refractivity contribution in [2.75, 3.05) is 12.4 Å². The van der Waals surface area contributed by atoms with Crippen LogP contribution in [0.5, 0.6) is 0 Å². The Kier molecular flexibility index (Phi) is 12.0. The quantitative estimate of drug-likeness (QED) is 0.580. The maximum Gasteiger partial charge on any atom is 0.349 e. The molecule has 2 saturated carbocycles. The Bertz CT molecular complexity index is 564. The molecule has 6 heteroatoms. The monoisotopic (exact) mass is 410 g/mol. The molecule has 3 rings (SSSR count). The van der Waals surface area contributed by atoms with E-state index in [4.69, 9.17) is 0 Å². The van der Waals surface area contributed by atoms with E-state index >= 15 is 0 Å². The number of carbonyl (C=O) groups excluding carboxylic acids is 2. The highest BCUT2D eigenvalue weighted by molar-refractivity contribution is 7.17. The molecule has 2 aliphatic rings. The lowest BCUT2D eigenvalue weighted by atomic mass is 9.84. The van der Waals surface area contributed by atoms with Crippen molar-refractivity contribution in [3.8, 4) is 0 Å². The van der Waals surface area contributed by atoms with E-state index in [0.717, 1.165) is 29.1 Å². The largest absolute Gasteiger partial charge is 0.465 e. The molecule has 1 amide bonds. The second kappa shape index (κ2) is 13.7. The molecule has 160 valence electrons. The molecule has 1 N–H and O–H groups in total. The van der Waals surface area contributed by atoms with Gasteiger partial charge in [0.15, 0.2) is 5.13 Å². The number of carbonyl (C=O) groups is 2. The molecule has 2 aliphatic carbocycles. The molecule has 2 fully saturated rings. The maximum atomic E-state index is 10.9. The number of hydrogen-bond acceptors (Lipinski definition) is 5. The standard InChI is InChI=1S/C8H16.C7H8N2O3S.C7H14/c1-7-3-5-8(2)6-4-7;1-4(10)9-7-8-3-5(13-7)6(11)12-2;1-7-5-3-2-4-6-7/h7-8H,3-6H2,1-2H3;3H,1-2H3,(H,8,9,10);7H,2-6H2,1H3. The molecule has 5 nitrogen and oxygen atoms in total. The van der Waals surface area contributed by atoms with Crippen LogP contribution in [-0.4, -0.2) is 24.0 Å². The first-order valence-corrected chi connectivity index (χ1v) is 11.4. The molecule has 1 aromatic heterocycles. The fourth-order valence-corrected chi connectivity index (χ4v) is 4.19. The summed E-state index contributed by atoms with van der Waals surface area (Å²) in [5.74, 6) is 2.41. The van der Waals surface area contributed by atoms with Crippen LogP contribution >= 0.6 is 11.3 Å². The minimum Gasteiger partial charge on any atom is -0.465 e. The minimum absolute atomic E-state index is 0.217. The average molecular weight is 411 g/mol. The SMILES string of the molecule is CC1CCC(C)CC1.CC1CCCCC1.COC(=O)c1cnc(NC(C)=O)s1. The van der Waals surface area contributed by atoms with Crippen LogP contribution in [0.25, 0.3) is 0 Å². The van der Waals surface area contributed by atoms with Crippen molar-refractivity contribution in [3.05, 3.63) is 11.1 Å². The van der Waals surface area contributed by atoms with E-state index in [1.165, 1.54) is 78.0 Å². The molecule has 0 saturated heterocycles. The molecule has 0 aliphatic heterocycles. The Labute approximate surface area is 174 Å². The lowest BCUT2D eigenvalue weighted by Gasteiger charge is -2.22. The van der Waals surface area contributed by atoms with Gasteiger partial charge in [0.1, 0.15) is 4.88 Å². The number of thiazole rings is 1. The third kappa shape index (κ3) is 10.8. The van der Waals surface area contributed by atoms with Gasteiger partial charge in [-0.3, -0.25) is 4.79 Å². The number of nitrogens with zero attached hydrogens (tertiary/aromatic N) is 1. The van der Waals surface area contributed by atoms with Crippen molar-refractivity contribution in [3.63, 3.8) is 0 Å². The molecule has 0 unspecified atom stereocenters. The van der Waals surface area contributed by atoms with Gasteiger partial charge in [-0.25, -0.2) is 9.78 Å². The number of nitrogens with one attached hydrogen (secondary N) is 1. The van der Waals surface area contributed by atoms with E-state index in [1.54, 1.807) is 0 Å². The summed E-state index contributed by atoms with van der Waals surface area (Å²) in [5, 5.41) is 2.86. The van der Waals surface area contributed by atoms with Crippen molar-refractivity contribution in [1.29, 1.82) is 0 Å². The summed E-state index contributed by atoms with van der Waals surface area (Å²) in [7, 11) is 1.29. The third-order valence-corrected chi connectivity index (χ3v) is 6.27. The van der Waals surface area contributed by atoms with Crippen molar-refractivity contribution >= 4 is 28.3 Å². The van der Waals surface area contributed by atoms with Crippen LogP contribution in [0.4, 0.5) is 5.13 Å². The predicted molar refractivity (Wildman–Crippen MR) is 117 cm³/mol. The zero-order chi connectivity index (χ0) is 20.9. The van der Waals surface area contributed by atoms with Crippen molar-refractivity contribution < 1.29 is 14.3 Å². The van der Waals surface area contributed by atoms with Gasteiger partial charge in [0, 0.05) is 6.92 Å². The molecule has 1 heterocycles. The van der Waals surface area contributed by atoms with Crippen LogP contribution < -0.4 is 5.32 Å². The van der Waals surface area contributed by atoms with Crippen molar-refractivity contribution in [2.24, 2.45) is 17.8 Å². The van der Waals surface area contributed by atoms with Crippen LogP contribution in [0.2, 0.25) is 0 Å². The number of esters is 1. The Morgan fingerprint density at radius 2 is 1.46 bits per heavy atom. The van der Waals surface area contributed by atoms with Crippen LogP contribution in [0, 0.1) is 17.8 Å². The van der Waals surface area contributed by atoms with Gasteiger partial charge in [0.25, 0.3) is 0 Å². The molecular formula is C22H38N2O3S. The van der Waals surface area contributed by atoms with E-state index in [0.29, 0.717) is 10.0 Å². The van der Waals surface area contributed by atoms with Crippen LogP contribution in [0.15, 0.2) is 6.20 Å². The van der Waals surface area contributed by atoms with Crippen LogP contribution in [0.1, 0.15) is 95.2 Å². The van der Waals surface area contributed by atoms with Gasteiger partial charge in [-0.05, 0) is 17.8 Å². The van der Waals surface area contributed by atoms with Crippen LogP contribution in [-0.2, 0) is 9.53 Å². The normalized spacial score (nSPS) is 22.0. The van der Waals surface area contributed by atoms with Gasteiger partial charge < -0.3 is 10.1 Å². The second-order valence-corrected chi connectivity index (χ2v) is 9.34. The number of rotatable bonds is 2. The molecule has 0 spiro atoms. The molecule has 0 atom stereocenters. The summed E-state index contributed by atoms with van der Waals surface area (Å²) in [6, 6.07) is 0. The van der Waals surface area contributed by atoms with Crippen molar-refractivity contribution in [2.45, 2.75) is 85.5 Å². The lowest BCUT2D eigenvalue weighted by Crippen LogP contribution is -2.08. The Morgan fingerprint density at radius 3 is 1.86 bits per heavy atom. The van der Waals surface area contributed by atoms with Gasteiger partial charge in [0.2, 0.25) is 5.91 Å². The van der Waals surface area contributed by atoms with E-state index in [-0.39, 0.29) is 5.91 Å². The molecule has 0 aromatic carbocycles. The first-order valence-electron chi connectivity index (χ1n) is 10.6. The molecular weight excluding hydrogens is 372 g/mol. The van der Waals surface area contributed by atoms with E-state index in [1.807, 2.05) is 0 Å². The van der Waals surface area contributed by atoms with E-state index in [2.05, 4.69) is 35.8 Å². The maximum absolute atomic E-state index is 10.9. The third-order valence-electron chi connectivity index (χ3n) is 5.37. The summed E-state index contributed by atoms with van der Waals surface area (Å²) in [4.78, 5) is 25.7. The highest BCUT2D eigenvalue weighted by Gasteiger charge is 2.13. The number of ether oxygens (including phenoxy) is 1. The summed E-state index contributed by atoms with van der Waals surface area (Å²) in [5.41, 5.74) is 0. The minimum atomic E-state index is -0.450. The Balaban J connectivity index is 0.000000224. The van der Waals surface area contributed by atoms with Gasteiger partial charge in [-0.15, -0.1) is 0 Å². The Hall–Kier alpha value is -1.43. The zero-order valence-corrected chi connectivity index (χ0v) is 19.1. The van der Waals surface area contributed by atoms with E-state index < -0.39 is 5.97 Å². The summed E-state index contributed by atoms with van der Waals surface area (Å²) in [6.45, 7) is 8.47. The van der Waals surface area contributed by atoms with E-state index in [9.17, 15) is 9.59 Å². The number of anilines is 1. The zero-order valence-electron chi connectivity index (χ0n) is 18.3. The second-order valence-electron chi connectivity index (χ2n) is 8.31. The molecule has 28 heavy (non-hydrogen) atoms.